The summed E-state index contributed by atoms with van der Waals surface area (Å²) >= 11 is 0. The monoisotopic (exact) mass is 388 g/mol. The van der Waals surface area contributed by atoms with E-state index in [0.29, 0.717) is 0 Å². The lowest BCUT2D eigenvalue weighted by Crippen LogP contribution is -2.28. The fraction of sp³-hybridized carbons (Fsp3) is 0.778. The largest absolute Gasteiger partial charge is 0.488 e. The molecule has 0 bridgehead atoms. The molecule has 0 aliphatic carbocycles. The zero-order valence-electron chi connectivity index (χ0n) is 21.3. The van der Waals surface area contributed by atoms with Gasteiger partial charge in [0, 0.05) is 0 Å². The van der Waals surface area contributed by atoms with Crippen LogP contribution in [0.15, 0.2) is 6.07 Å². The Morgan fingerprint density at radius 1 is 0.714 bits per heavy atom. The van der Waals surface area contributed by atoms with Gasteiger partial charge in [-0.2, -0.15) is 0 Å². The van der Waals surface area contributed by atoms with Crippen LogP contribution in [0, 0.1) is 10.8 Å². The molecule has 1 nitrogen and oxygen atoms in total. The van der Waals surface area contributed by atoms with Gasteiger partial charge in [-0.05, 0) is 85.0 Å². The Bertz CT molecular complexity index is 657. The minimum Gasteiger partial charge on any atom is -0.488 e. The topological polar surface area (TPSA) is 9.23 Å². The molecule has 0 N–H and O–H groups in total. The van der Waals surface area contributed by atoms with Crippen molar-refractivity contribution in [2.45, 2.75) is 127 Å². The normalized spacial score (nSPS) is 13.8. The van der Waals surface area contributed by atoms with Crippen molar-refractivity contribution in [1.29, 1.82) is 0 Å². The smallest absolute Gasteiger partial charge is 0.126 e. The Hall–Kier alpha value is -0.980. The molecule has 0 fully saturated rings. The van der Waals surface area contributed by atoms with E-state index in [1.54, 1.807) is 0 Å². The first-order valence-corrected chi connectivity index (χ1v) is 11.3. The van der Waals surface area contributed by atoms with E-state index in [4.69, 9.17) is 4.74 Å². The molecule has 0 spiro atoms. The summed E-state index contributed by atoms with van der Waals surface area (Å²) in [6.45, 7) is 29.9. The molecule has 0 aliphatic heterocycles. The molecule has 0 saturated carbocycles. The average molecular weight is 389 g/mol. The lowest BCUT2D eigenvalue weighted by atomic mass is 9.73. The molecule has 1 aromatic carbocycles. The van der Waals surface area contributed by atoms with Crippen molar-refractivity contribution in [3.63, 3.8) is 0 Å². The van der Waals surface area contributed by atoms with E-state index in [1.165, 1.54) is 22.3 Å². The predicted molar refractivity (Wildman–Crippen MR) is 126 cm³/mol. The van der Waals surface area contributed by atoms with E-state index in [1.807, 2.05) is 0 Å². The summed E-state index contributed by atoms with van der Waals surface area (Å²) in [5.41, 5.74) is 6.27. The van der Waals surface area contributed by atoms with Gasteiger partial charge in [-0.3, -0.25) is 0 Å². The van der Waals surface area contributed by atoms with Crippen LogP contribution >= 0.6 is 0 Å². The van der Waals surface area contributed by atoms with E-state index in [9.17, 15) is 0 Å². The van der Waals surface area contributed by atoms with Gasteiger partial charge in [-0.25, -0.2) is 0 Å². The van der Waals surface area contributed by atoms with Crippen LogP contribution in [0.5, 0.6) is 5.75 Å². The predicted octanol–water partition coefficient (Wildman–Crippen LogP) is 8.29. The summed E-state index contributed by atoms with van der Waals surface area (Å²) in [6, 6.07) is 2.49. The summed E-state index contributed by atoms with van der Waals surface area (Å²) in [5, 5.41) is 0. The van der Waals surface area contributed by atoms with E-state index >= 15 is 0 Å². The van der Waals surface area contributed by atoms with Crippen molar-refractivity contribution in [2.75, 3.05) is 0 Å². The summed E-state index contributed by atoms with van der Waals surface area (Å²) in [7, 11) is 0. The minimum absolute atomic E-state index is 0.172. The van der Waals surface area contributed by atoms with Crippen LogP contribution in [0.2, 0.25) is 0 Å². The van der Waals surface area contributed by atoms with Crippen LogP contribution in [0.3, 0.4) is 0 Å². The molecule has 28 heavy (non-hydrogen) atoms. The summed E-state index contributed by atoms with van der Waals surface area (Å²) in [6.07, 6.45) is 4.28. The van der Waals surface area contributed by atoms with Gasteiger partial charge in [0.25, 0.3) is 0 Å². The third-order valence-electron chi connectivity index (χ3n) is 5.38. The molecule has 0 atom stereocenters. The van der Waals surface area contributed by atoms with Crippen molar-refractivity contribution in [3.8, 4) is 5.75 Å². The maximum Gasteiger partial charge on any atom is 0.126 e. The second-order valence-electron chi connectivity index (χ2n) is 12.6. The van der Waals surface area contributed by atoms with Crippen LogP contribution in [0.1, 0.15) is 119 Å². The molecule has 162 valence electrons. The fourth-order valence-electron chi connectivity index (χ4n) is 3.87. The van der Waals surface area contributed by atoms with Gasteiger partial charge in [0.2, 0.25) is 0 Å². The van der Waals surface area contributed by atoms with Gasteiger partial charge in [0.05, 0.1) is 0 Å². The Labute approximate surface area is 176 Å². The van der Waals surface area contributed by atoms with Crippen LogP contribution in [0.4, 0.5) is 0 Å². The third kappa shape index (κ3) is 7.12. The Morgan fingerprint density at radius 3 is 1.57 bits per heavy atom. The first-order valence-electron chi connectivity index (χ1n) is 11.3. The second-order valence-corrected chi connectivity index (χ2v) is 12.6. The van der Waals surface area contributed by atoms with Crippen molar-refractivity contribution in [3.05, 3.63) is 28.3 Å². The van der Waals surface area contributed by atoms with E-state index < -0.39 is 0 Å². The molecule has 1 aromatic rings. The summed E-state index contributed by atoms with van der Waals surface area (Å²) in [5.74, 6) is 1.16. The number of ether oxygens (including phenoxy) is 1. The van der Waals surface area contributed by atoms with Gasteiger partial charge < -0.3 is 4.74 Å². The lowest BCUT2D eigenvalue weighted by Gasteiger charge is -2.35. The Balaban J connectivity index is 3.95. The Morgan fingerprint density at radius 2 is 1.21 bits per heavy atom. The van der Waals surface area contributed by atoms with Gasteiger partial charge in [0.1, 0.15) is 11.4 Å². The molecule has 1 rings (SSSR count). The van der Waals surface area contributed by atoms with Crippen LogP contribution < -0.4 is 4.74 Å². The maximum atomic E-state index is 6.70. The lowest BCUT2D eigenvalue weighted by molar-refractivity contribution is 0.125. The van der Waals surface area contributed by atoms with Crippen LogP contribution in [-0.2, 0) is 24.7 Å². The molecule has 0 radical (unpaired) electrons. The minimum atomic E-state index is -0.202. The van der Waals surface area contributed by atoms with Gasteiger partial charge in [-0.15, -0.1) is 0 Å². The maximum absolute atomic E-state index is 6.70. The molecular formula is C27H48O. The van der Waals surface area contributed by atoms with E-state index in [0.717, 1.165) is 31.4 Å². The number of hydrogen-bond acceptors (Lipinski definition) is 1. The molecule has 0 aliphatic rings. The molecule has 0 heterocycles. The number of benzene rings is 1. The highest BCUT2D eigenvalue weighted by Gasteiger charge is 2.31. The third-order valence-corrected chi connectivity index (χ3v) is 5.38. The second kappa shape index (κ2) is 8.41. The van der Waals surface area contributed by atoms with Gasteiger partial charge in [0.15, 0.2) is 0 Å². The average Bonchev–Trinajstić information content (AvgIpc) is 2.46. The van der Waals surface area contributed by atoms with Crippen molar-refractivity contribution in [2.24, 2.45) is 10.8 Å². The quantitative estimate of drug-likeness (QED) is 0.476. The molecule has 0 unspecified atom stereocenters. The van der Waals surface area contributed by atoms with Crippen LogP contribution in [0.25, 0.3) is 0 Å². The zero-order chi connectivity index (χ0) is 22.1. The standard InChI is InChI=1S/C27H48O/c1-14-20-21(18-25(6,7)8)23(28-26(9,10)11)19(17-24(3,4)5)16-22(20)27(12,13)15-2/h16H,14-15,17-18H2,1-13H3. The molecular weight excluding hydrogens is 340 g/mol. The molecule has 1 heteroatoms. The van der Waals surface area contributed by atoms with Gasteiger partial charge in [-0.1, -0.05) is 75.3 Å². The van der Waals surface area contributed by atoms with Crippen molar-refractivity contribution >= 4 is 0 Å². The van der Waals surface area contributed by atoms with Crippen LogP contribution in [-0.4, -0.2) is 5.60 Å². The number of hydrogen-bond donors (Lipinski definition) is 0. The first-order chi connectivity index (χ1) is 12.4. The molecule has 0 aromatic heterocycles. The summed E-state index contributed by atoms with van der Waals surface area (Å²) < 4.78 is 6.70. The zero-order valence-corrected chi connectivity index (χ0v) is 21.3. The van der Waals surface area contributed by atoms with E-state index in [2.05, 4.69) is 96.1 Å². The highest BCUT2D eigenvalue weighted by Crippen LogP contribution is 2.43. The fourth-order valence-corrected chi connectivity index (χ4v) is 3.87. The highest BCUT2D eigenvalue weighted by atomic mass is 16.5. The molecule has 0 amide bonds. The Kier molecular flexibility index (Phi) is 7.52. The number of rotatable bonds is 6. The highest BCUT2D eigenvalue weighted by molar-refractivity contribution is 5.54. The van der Waals surface area contributed by atoms with E-state index in [-0.39, 0.29) is 21.8 Å². The van der Waals surface area contributed by atoms with Gasteiger partial charge >= 0.3 is 0 Å². The molecule has 0 saturated heterocycles. The summed E-state index contributed by atoms with van der Waals surface area (Å²) in [4.78, 5) is 0. The van der Waals surface area contributed by atoms with Crippen molar-refractivity contribution in [1.82, 2.24) is 0 Å². The SMILES string of the molecule is CCc1c(C(C)(C)CC)cc(CC(C)(C)C)c(OC(C)(C)C)c1CC(C)(C)C. The van der Waals surface area contributed by atoms with Crippen molar-refractivity contribution < 1.29 is 4.74 Å². The first kappa shape index (κ1) is 25.1.